The summed E-state index contributed by atoms with van der Waals surface area (Å²) in [6.07, 6.45) is 7.34. The molecule has 3 aromatic rings. The Kier molecular flexibility index (Phi) is 6.42. The molecule has 6 heteroatoms. The Hall–Kier alpha value is -2.44. The summed E-state index contributed by atoms with van der Waals surface area (Å²) in [5.41, 5.74) is 2.27. The van der Waals surface area contributed by atoms with Crippen molar-refractivity contribution in [1.29, 1.82) is 0 Å². The average Bonchev–Trinajstić information content (AvgIpc) is 3.35. The monoisotopic (exact) mass is 450 g/mol. The van der Waals surface area contributed by atoms with Crippen LogP contribution in [-0.2, 0) is 11.2 Å². The van der Waals surface area contributed by atoms with Crippen LogP contribution >= 0.6 is 11.5 Å². The van der Waals surface area contributed by atoms with Crippen LogP contribution < -0.4 is 9.47 Å². The number of benzene rings is 2. The zero-order chi connectivity index (χ0) is 21.9. The van der Waals surface area contributed by atoms with Gasteiger partial charge in [-0.15, -0.1) is 0 Å². The van der Waals surface area contributed by atoms with E-state index in [0.717, 1.165) is 30.6 Å². The first-order chi connectivity index (χ1) is 15.8. The van der Waals surface area contributed by atoms with Gasteiger partial charge in [-0.2, -0.15) is 4.37 Å². The fourth-order valence-corrected chi connectivity index (χ4v) is 6.40. The molecule has 0 radical (unpaired) electrons. The highest BCUT2D eigenvalue weighted by Gasteiger charge is 2.41. The van der Waals surface area contributed by atoms with Gasteiger partial charge in [-0.25, -0.2) is 0 Å². The number of ether oxygens (including phenoxy) is 2. The molecular weight excluding hydrogens is 420 g/mol. The van der Waals surface area contributed by atoms with Crippen LogP contribution in [0.1, 0.15) is 49.3 Å². The summed E-state index contributed by atoms with van der Waals surface area (Å²) in [5, 5.41) is 1.36. The van der Waals surface area contributed by atoms with Crippen molar-refractivity contribution in [3.63, 3.8) is 0 Å². The van der Waals surface area contributed by atoms with E-state index in [1.807, 2.05) is 18.2 Å². The molecule has 2 atom stereocenters. The molecule has 2 fully saturated rings. The lowest BCUT2D eigenvalue weighted by molar-refractivity contribution is -0.107. The van der Waals surface area contributed by atoms with Gasteiger partial charge in [0.05, 0.1) is 24.1 Å². The third-order valence-corrected chi connectivity index (χ3v) is 7.88. The van der Waals surface area contributed by atoms with Crippen molar-refractivity contribution in [1.82, 2.24) is 9.27 Å². The highest BCUT2D eigenvalue weighted by molar-refractivity contribution is 7.13. The summed E-state index contributed by atoms with van der Waals surface area (Å²) in [5.74, 6) is 2.03. The molecule has 3 heterocycles. The molecule has 1 aromatic heterocycles. The second-order valence-electron chi connectivity index (χ2n) is 8.91. The van der Waals surface area contributed by atoms with E-state index in [-0.39, 0.29) is 0 Å². The number of fused-ring (bicyclic) bond motifs is 3. The lowest BCUT2D eigenvalue weighted by Gasteiger charge is -2.38. The van der Waals surface area contributed by atoms with E-state index in [2.05, 4.69) is 29.2 Å². The van der Waals surface area contributed by atoms with E-state index >= 15 is 0 Å². The summed E-state index contributed by atoms with van der Waals surface area (Å²) in [6.45, 7) is 1.74. The Bertz CT molecular complexity index is 1070. The maximum atomic E-state index is 10.7. The molecule has 0 aliphatic carbocycles. The van der Waals surface area contributed by atoms with Gasteiger partial charge in [0.1, 0.15) is 6.29 Å². The Morgan fingerprint density at radius 2 is 1.94 bits per heavy atom. The van der Waals surface area contributed by atoms with E-state index in [9.17, 15) is 4.79 Å². The van der Waals surface area contributed by atoms with Gasteiger partial charge < -0.3 is 14.3 Å². The molecule has 168 valence electrons. The van der Waals surface area contributed by atoms with Crippen LogP contribution in [0.25, 0.3) is 10.1 Å². The van der Waals surface area contributed by atoms with Crippen molar-refractivity contribution in [2.75, 3.05) is 20.3 Å². The Morgan fingerprint density at radius 1 is 1.12 bits per heavy atom. The van der Waals surface area contributed by atoms with Gasteiger partial charge in [0.2, 0.25) is 0 Å². The minimum Gasteiger partial charge on any atom is -0.493 e. The van der Waals surface area contributed by atoms with Crippen LogP contribution in [0.15, 0.2) is 42.5 Å². The number of carbonyl (C=O) groups excluding carboxylic acids is 1. The van der Waals surface area contributed by atoms with Crippen molar-refractivity contribution >= 4 is 27.9 Å². The number of carbonyl (C=O) groups is 1. The third-order valence-electron chi connectivity index (χ3n) is 7.04. The van der Waals surface area contributed by atoms with Crippen LogP contribution in [0.5, 0.6) is 11.5 Å². The first-order valence-corrected chi connectivity index (χ1v) is 12.4. The normalized spacial score (nSPS) is 22.8. The van der Waals surface area contributed by atoms with Crippen LogP contribution in [-0.4, -0.2) is 47.9 Å². The number of aldehydes is 1. The second-order valence-corrected chi connectivity index (χ2v) is 9.72. The summed E-state index contributed by atoms with van der Waals surface area (Å²) < 4.78 is 17.6. The maximum Gasteiger partial charge on any atom is 0.161 e. The smallest absolute Gasteiger partial charge is 0.161 e. The minimum absolute atomic E-state index is 0.395. The third kappa shape index (κ3) is 4.26. The lowest BCUT2D eigenvalue weighted by atomic mass is 9.87. The first-order valence-electron chi connectivity index (χ1n) is 11.6. The standard InChI is InChI=1S/C26H30N2O3S/c1-30-24-15-18(11-13-29)7-10-23(24)31-14-4-12-28-20-8-9-21(28)17-19(16-20)26-22-5-2-3-6-25(22)32-27-26/h2-3,5-7,10,13,15,19-21H,4,8-9,11-12,14,16-17H2,1H3. The fourth-order valence-electron chi connectivity index (χ4n) is 5.55. The highest BCUT2D eigenvalue weighted by Crippen LogP contribution is 2.44. The summed E-state index contributed by atoms with van der Waals surface area (Å²) in [4.78, 5) is 13.5. The zero-order valence-electron chi connectivity index (χ0n) is 18.5. The predicted octanol–water partition coefficient (Wildman–Crippen LogP) is 5.23. The quantitative estimate of drug-likeness (QED) is 0.330. The van der Waals surface area contributed by atoms with Crippen molar-refractivity contribution in [3.05, 3.63) is 53.7 Å². The molecule has 2 unspecified atom stereocenters. The summed E-state index contributed by atoms with van der Waals surface area (Å²) in [6, 6.07) is 15.7. The number of aromatic nitrogens is 1. The van der Waals surface area contributed by atoms with Gasteiger partial charge in [0.15, 0.2) is 11.5 Å². The van der Waals surface area contributed by atoms with E-state index < -0.39 is 0 Å². The Labute approximate surface area is 193 Å². The highest BCUT2D eigenvalue weighted by atomic mass is 32.1. The Balaban J connectivity index is 1.16. The molecule has 32 heavy (non-hydrogen) atoms. The molecule has 2 saturated heterocycles. The molecule has 2 bridgehead atoms. The largest absolute Gasteiger partial charge is 0.493 e. The lowest BCUT2D eigenvalue weighted by Crippen LogP contribution is -2.43. The number of rotatable bonds is 9. The number of hydrogen-bond acceptors (Lipinski definition) is 6. The molecule has 5 nitrogen and oxygen atoms in total. The maximum absolute atomic E-state index is 10.7. The van der Waals surface area contributed by atoms with Crippen LogP contribution in [0.3, 0.4) is 0 Å². The molecule has 2 aliphatic heterocycles. The topological polar surface area (TPSA) is 51.7 Å². The van der Waals surface area contributed by atoms with Crippen molar-refractivity contribution in [3.8, 4) is 11.5 Å². The van der Waals surface area contributed by atoms with Crippen molar-refractivity contribution in [2.24, 2.45) is 0 Å². The fraction of sp³-hybridized carbons (Fsp3) is 0.462. The molecule has 0 amide bonds. The zero-order valence-corrected chi connectivity index (χ0v) is 19.4. The molecule has 5 rings (SSSR count). The van der Waals surface area contributed by atoms with Crippen molar-refractivity contribution in [2.45, 2.75) is 56.5 Å². The van der Waals surface area contributed by atoms with Crippen molar-refractivity contribution < 1.29 is 14.3 Å². The van der Waals surface area contributed by atoms with Crippen LogP contribution in [0, 0.1) is 0 Å². The predicted molar refractivity (Wildman–Crippen MR) is 128 cm³/mol. The minimum atomic E-state index is 0.395. The van der Waals surface area contributed by atoms with Gasteiger partial charge >= 0.3 is 0 Å². The summed E-state index contributed by atoms with van der Waals surface area (Å²) >= 11 is 1.64. The molecule has 2 aliphatic rings. The van der Waals surface area contributed by atoms with Crippen LogP contribution in [0.4, 0.5) is 0 Å². The number of piperidine rings is 1. The number of methoxy groups -OCH3 is 1. The number of nitrogens with zero attached hydrogens (tertiary/aromatic N) is 2. The molecule has 2 aromatic carbocycles. The van der Waals surface area contributed by atoms with Crippen LogP contribution in [0.2, 0.25) is 0 Å². The molecule has 0 N–H and O–H groups in total. The molecule has 0 spiro atoms. The number of hydrogen-bond donors (Lipinski definition) is 0. The van der Waals surface area contributed by atoms with Gasteiger partial charge in [-0.05, 0) is 67.4 Å². The molecule has 0 saturated carbocycles. The van der Waals surface area contributed by atoms with Gasteiger partial charge in [-0.3, -0.25) is 4.90 Å². The van der Waals surface area contributed by atoms with Gasteiger partial charge in [0.25, 0.3) is 0 Å². The first kappa shape index (κ1) is 21.4. The van der Waals surface area contributed by atoms with E-state index in [1.54, 1.807) is 18.6 Å². The summed E-state index contributed by atoms with van der Waals surface area (Å²) in [7, 11) is 1.64. The average molecular weight is 451 g/mol. The van der Waals surface area contributed by atoms with Gasteiger partial charge in [-0.1, -0.05) is 24.3 Å². The van der Waals surface area contributed by atoms with E-state index in [0.29, 0.717) is 36.8 Å². The van der Waals surface area contributed by atoms with E-state index in [1.165, 1.54) is 41.5 Å². The van der Waals surface area contributed by atoms with E-state index in [4.69, 9.17) is 13.8 Å². The van der Waals surface area contributed by atoms with Gasteiger partial charge in [0, 0.05) is 36.4 Å². The Morgan fingerprint density at radius 3 is 2.72 bits per heavy atom. The SMILES string of the molecule is COc1cc(CC=O)ccc1OCCCN1C2CCC1CC(c1nsc3ccccc13)C2. The molecular formula is C26H30N2O3S. The second kappa shape index (κ2) is 9.59.